The topological polar surface area (TPSA) is 52.6 Å². The Morgan fingerprint density at radius 2 is 1.60 bits per heavy atom. The summed E-state index contributed by atoms with van der Waals surface area (Å²) in [7, 11) is 7.34. The molecule has 0 saturated heterocycles. The molecule has 15 heavy (non-hydrogen) atoms. The van der Waals surface area contributed by atoms with Crippen LogP contribution < -0.4 is 0 Å². The van der Waals surface area contributed by atoms with Crippen LogP contribution in [0.1, 0.15) is 12.8 Å². The van der Waals surface area contributed by atoms with Crippen LogP contribution in [0.4, 0.5) is 0 Å². The van der Waals surface area contributed by atoms with E-state index in [4.69, 9.17) is 4.74 Å². The van der Waals surface area contributed by atoms with Gasteiger partial charge in [-0.15, -0.1) is 0 Å². The number of ether oxygens (including phenoxy) is 2. The van der Waals surface area contributed by atoms with Gasteiger partial charge in [0.25, 0.3) is 0 Å². The number of methoxy groups -OCH3 is 1. The fraction of sp³-hybridized carbons (Fsp3) is 0.800. The van der Waals surface area contributed by atoms with Crippen LogP contribution in [0.2, 0.25) is 0 Å². The van der Waals surface area contributed by atoms with Crippen molar-refractivity contribution in [1.82, 2.24) is 0 Å². The quantitative estimate of drug-likeness (QED) is 0.472. The fourth-order valence-corrected chi connectivity index (χ4v) is 0.812. The highest BCUT2D eigenvalue weighted by atomic mass is 16.5. The zero-order valence-corrected chi connectivity index (χ0v) is 9.91. The normalized spacial score (nSPS) is 10.9. The van der Waals surface area contributed by atoms with Crippen molar-refractivity contribution in [3.05, 3.63) is 0 Å². The molecule has 0 N–H and O–H groups in total. The first kappa shape index (κ1) is 13.9. The summed E-state index contributed by atoms with van der Waals surface area (Å²) in [6.07, 6.45) is 0.170. The zero-order chi connectivity index (χ0) is 11.9. The number of carbonyl (C=O) groups is 2. The summed E-state index contributed by atoms with van der Waals surface area (Å²) in [6, 6.07) is 0. The van der Waals surface area contributed by atoms with Gasteiger partial charge in [0.05, 0.1) is 41.1 Å². The van der Waals surface area contributed by atoms with Gasteiger partial charge in [0, 0.05) is 0 Å². The molecule has 0 aromatic heterocycles. The Hall–Kier alpha value is -1.10. The van der Waals surface area contributed by atoms with Crippen LogP contribution in [0.15, 0.2) is 0 Å². The highest BCUT2D eigenvalue weighted by molar-refractivity contribution is 5.77. The molecule has 0 rings (SSSR count). The molecule has 0 saturated carbocycles. The predicted molar refractivity (Wildman–Crippen MR) is 55.1 cm³/mol. The summed E-state index contributed by atoms with van der Waals surface area (Å²) in [5.74, 6) is -0.743. The van der Waals surface area contributed by atoms with Gasteiger partial charge in [-0.2, -0.15) is 0 Å². The number of nitrogens with zero attached hydrogens (tertiary/aromatic N) is 1. The molecule has 0 aromatic rings. The monoisotopic (exact) mass is 218 g/mol. The molecule has 0 heterocycles. The van der Waals surface area contributed by atoms with Crippen LogP contribution in [0.3, 0.4) is 0 Å². The molecule has 0 amide bonds. The van der Waals surface area contributed by atoms with E-state index in [1.165, 1.54) is 7.11 Å². The number of esters is 2. The molecule has 0 aliphatic carbocycles. The van der Waals surface area contributed by atoms with Gasteiger partial charge in [0.15, 0.2) is 0 Å². The minimum Gasteiger partial charge on any atom is -0.469 e. The number of hydrogen-bond acceptors (Lipinski definition) is 4. The Morgan fingerprint density at radius 1 is 1.07 bits per heavy atom. The molecular weight excluding hydrogens is 198 g/mol. The van der Waals surface area contributed by atoms with Gasteiger partial charge in [-0.1, -0.05) is 0 Å². The average molecular weight is 218 g/mol. The van der Waals surface area contributed by atoms with Gasteiger partial charge in [0.2, 0.25) is 0 Å². The lowest BCUT2D eigenvalue weighted by Crippen LogP contribution is -2.38. The maximum absolute atomic E-state index is 11.1. The SMILES string of the molecule is COC(=O)CCC(=O)OCC[N+](C)(C)C. The van der Waals surface area contributed by atoms with Crippen LogP contribution in [0, 0.1) is 0 Å². The zero-order valence-electron chi connectivity index (χ0n) is 9.91. The van der Waals surface area contributed by atoms with E-state index in [9.17, 15) is 9.59 Å². The Morgan fingerprint density at radius 3 is 2.07 bits per heavy atom. The van der Waals surface area contributed by atoms with Crippen LogP contribution in [0.5, 0.6) is 0 Å². The second-order valence-corrected chi connectivity index (χ2v) is 4.31. The largest absolute Gasteiger partial charge is 0.469 e. The minimum absolute atomic E-state index is 0.0830. The van der Waals surface area contributed by atoms with E-state index >= 15 is 0 Å². The number of quaternary nitrogens is 1. The summed E-state index contributed by atoms with van der Waals surface area (Å²) in [5, 5.41) is 0. The first-order chi connectivity index (χ1) is 6.85. The highest BCUT2D eigenvalue weighted by Crippen LogP contribution is 1.96. The van der Waals surface area contributed by atoms with E-state index in [-0.39, 0.29) is 18.8 Å². The van der Waals surface area contributed by atoms with Crippen LogP contribution in [0.25, 0.3) is 0 Å². The van der Waals surface area contributed by atoms with Crippen molar-refractivity contribution in [2.45, 2.75) is 12.8 Å². The van der Waals surface area contributed by atoms with Gasteiger partial charge >= 0.3 is 11.9 Å². The van der Waals surface area contributed by atoms with Crippen molar-refractivity contribution >= 4 is 11.9 Å². The van der Waals surface area contributed by atoms with Crippen molar-refractivity contribution in [2.24, 2.45) is 0 Å². The summed E-state index contributed by atoms with van der Waals surface area (Å²) in [4.78, 5) is 21.8. The Kier molecular flexibility index (Phi) is 5.93. The molecule has 0 fully saturated rings. The lowest BCUT2D eigenvalue weighted by atomic mass is 10.3. The second-order valence-electron chi connectivity index (χ2n) is 4.31. The second kappa shape index (κ2) is 6.40. The first-order valence-corrected chi connectivity index (χ1v) is 4.88. The standard InChI is InChI=1S/C10H20NO4/c1-11(2,3)7-8-15-10(13)6-5-9(12)14-4/h5-8H2,1-4H3/q+1. The summed E-state index contributed by atoms with van der Waals surface area (Å²) in [5.41, 5.74) is 0. The molecule has 0 aromatic carbocycles. The predicted octanol–water partition coefficient (Wildman–Crippen LogP) is 0.189. The molecule has 0 aliphatic rings. The molecule has 0 aliphatic heterocycles. The molecule has 0 bridgehead atoms. The number of rotatable bonds is 6. The third-order valence-corrected chi connectivity index (χ3v) is 1.79. The van der Waals surface area contributed by atoms with E-state index in [1.54, 1.807) is 0 Å². The summed E-state index contributed by atoms with van der Waals surface area (Å²) >= 11 is 0. The van der Waals surface area contributed by atoms with Crippen LogP contribution in [-0.2, 0) is 19.1 Å². The number of carbonyl (C=O) groups excluding carboxylic acids is 2. The molecular formula is C10H20NO4+. The fourth-order valence-electron chi connectivity index (χ4n) is 0.812. The van der Waals surface area contributed by atoms with Gasteiger partial charge in [0.1, 0.15) is 13.2 Å². The lowest BCUT2D eigenvalue weighted by Gasteiger charge is -2.23. The van der Waals surface area contributed by atoms with Crippen molar-refractivity contribution in [1.29, 1.82) is 0 Å². The highest BCUT2D eigenvalue weighted by Gasteiger charge is 2.11. The number of hydrogen-bond donors (Lipinski definition) is 0. The van der Waals surface area contributed by atoms with E-state index in [0.29, 0.717) is 6.61 Å². The van der Waals surface area contributed by atoms with Crippen LogP contribution >= 0.6 is 0 Å². The molecule has 0 spiro atoms. The van der Waals surface area contributed by atoms with E-state index in [2.05, 4.69) is 4.74 Å². The van der Waals surface area contributed by atoms with E-state index < -0.39 is 5.97 Å². The molecule has 5 nitrogen and oxygen atoms in total. The molecule has 0 radical (unpaired) electrons. The average Bonchev–Trinajstić information content (AvgIpc) is 2.12. The smallest absolute Gasteiger partial charge is 0.306 e. The van der Waals surface area contributed by atoms with Gasteiger partial charge in [-0.25, -0.2) is 0 Å². The van der Waals surface area contributed by atoms with Crippen molar-refractivity contribution in [3.8, 4) is 0 Å². The van der Waals surface area contributed by atoms with Crippen molar-refractivity contribution in [3.63, 3.8) is 0 Å². The molecule has 0 unspecified atom stereocenters. The van der Waals surface area contributed by atoms with Crippen molar-refractivity contribution < 1.29 is 23.5 Å². The van der Waals surface area contributed by atoms with Gasteiger partial charge < -0.3 is 14.0 Å². The third kappa shape index (κ3) is 9.21. The molecule has 0 atom stereocenters. The maximum atomic E-state index is 11.1. The van der Waals surface area contributed by atoms with Gasteiger partial charge in [-0.05, 0) is 0 Å². The first-order valence-electron chi connectivity index (χ1n) is 4.88. The lowest BCUT2D eigenvalue weighted by molar-refractivity contribution is -0.870. The Bertz CT molecular complexity index is 220. The Labute approximate surface area is 90.5 Å². The molecule has 5 heteroatoms. The van der Waals surface area contributed by atoms with Gasteiger partial charge in [-0.3, -0.25) is 9.59 Å². The molecule has 88 valence electrons. The number of likely N-dealkylation sites (N-methyl/N-ethyl adjacent to an activating group) is 1. The van der Waals surface area contributed by atoms with E-state index in [0.717, 1.165) is 11.0 Å². The summed E-state index contributed by atoms with van der Waals surface area (Å²) < 4.78 is 10.1. The van der Waals surface area contributed by atoms with Crippen LogP contribution in [-0.4, -0.2) is 57.8 Å². The third-order valence-electron chi connectivity index (χ3n) is 1.79. The maximum Gasteiger partial charge on any atom is 0.306 e. The Balaban J connectivity index is 3.54. The van der Waals surface area contributed by atoms with E-state index in [1.807, 2.05) is 21.1 Å². The van der Waals surface area contributed by atoms with Crippen molar-refractivity contribution in [2.75, 3.05) is 41.4 Å². The summed E-state index contributed by atoms with van der Waals surface area (Å²) in [6.45, 7) is 1.13. The minimum atomic E-state index is -0.390.